The van der Waals surface area contributed by atoms with Gasteiger partial charge in [-0.25, -0.2) is 0 Å². The molecule has 1 aromatic heterocycles. The first-order valence-corrected chi connectivity index (χ1v) is 6.28. The van der Waals surface area contributed by atoms with E-state index < -0.39 is 0 Å². The Kier molecular flexibility index (Phi) is 2.57. The summed E-state index contributed by atoms with van der Waals surface area (Å²) in [4.78, 5) is 12.6. The first-order valence-electron chi connectivity index (χ1n) is 5.41. The molecule has 2 heterocycles. The van der Waals surface area contributed by atoms with Gasteiger partial charge in [0.15, 0.2) is 0 Å². The topological polar surface area (TPSA) is 38.3 Å². The monoisotopic (exact) mass is 245 g/mol. The van der Waals surface area contributed by atoms with Gasteiger partial charge in [0.2, 0.25) is 0 Å². The van der Waals surface area contributed by atoms with Gasteiger partial charge in [-0.3, -0.25) is 4.79 Å². The number of fused-ring (bicyclic) bond motifs is 1. The highest BCUT2D eigenvalue weighted by atomic mass is 32.1. The van der Waals surface area contributed by atoms with Crippen LogP contribution in [0.25, 0.3) is 0 Å². The van der Waals surface area contributed by atoms with E-state index in [-0.39, 0.29) is 11.9 Å². The number of benzene rings is 1. The van der Waals surface area contributed by atoms with Crippen molar-refractivity contribution in [3.8, 4) is 5.75 Å². The molecule has 0 saturated heterocycles. The van der Waals surface area contributed by atoms with E-state index in [0.29, 0.717) is 6.61 Å². The van der Waals surface area contributed by atoms with Crippen LogP contribution >= 0.6 is 11.3 Å². The Morgan fingerprint density at radius 3 is 3.00 bits per heavy atom. The van der Waals surface area contributed by atoms with E-state index >= 15 is 0 Å². The summed E-state index contributed by atoms with van der Waals surface area (Å²) in [6, 6.07) is 11.5. The molecule has 1 N–H and O–H groups in total. The van der Waals surface area contributed by atoms with E-state index in [2.05, 4.69) is 5.32 Å². The summed E-state index contributed by atoms with van der Waals surface area (Å²) >= 11 is 1.44. The Bertz CT molecular complexity index is 536. The van der Waals surface area contributed by atoms with Crippen molar-refractivity contribution in [2.75, 3.05) is 6.61 Å². The van der Waals surface area contributed by atoms with Crippen LogP contribution in [0.1, 0.15) is 21.3 Å². The standard InChI is InChI=1S/C13H11NO2S/c15-13(12-6-3-7-17-12)14-10-8-16-11-5-2-1-4-9(10)11/h1-7,10H,8H2,(H,14,15). The lowest BCUT2D eigenvalue weighted by Crippen LogP contribution is -2.28. The predicted molar refractivity (Wildman–Crippen MR) is 66.5 cm³/mol. The Morgan fingerprint density at radius 1 is 1.29 bits per heavy atom. The minimum Gasteiger partial charge on any atom is -0.491 e. The minimum absolute atomic E-state index is 0.0368. The van der Waals surface area contributed by atoms with Gasteiger partial charge in [-0.2, -0.15) is 0 Å². The lowest BCUT2D eigenvalue weighted by Gasteiger charge is -2.10. The Morgan fingerprint density at radius 2 is 2.18 bits per heavy atom. The van der Waals surface area contributed by atoms with Crippen molar-refractivity contribution in [1.82, 2.24) is 5.32 Å². The fourth-order valence-corrected chi connectivity index (χ4v) is 2.55. The molecular weight excluding hydrogens is 234 g/mol. The minimum atomic E-state index is -0.0409. The van der Waals surface area contributed by atoms with E-state index in [9.17, 15) is 4.79 Å². The maximum atomic E-state index is 11.9. The molecule has 0 bridgehead atoms. The van der Waals surface area contributed by atoms with Crippen LogP contribution in [0.4, 0.5) is 0 Å². The van der Waals surface area contributed by atoms with Crippen molar-refractivity contribution in [2.45, 2.75) is 6.04 Å². The maximum absolute atomic E-state index is 11.9. The Hall–Kier alpha value is -1.81. The van der Waals surface area contributed by atoms with Gasteiger partial charge >= 0.3 is 0 Å². The molecule has 17 heavy (non-hydrogen) atoms. The van der Waals surface area contributed by atoms with Crippen molar-refractivity contribution < 1.29 is 9.53 Å². The molecule has 0 aliphatic carbocycles. The molecule has 4 heteroatoms. The fraction of sp³-hybridized carbons (Fsp3) is 0.154. The second-order valence-electron chi connectivity index (χ2n) is 3.85. The van der Waals surface area contributed by atoms with Crippen LogP contribution in [-0.2, 0) is 0 Å². The molecule has 86 valence electrons. The molecule has 1 aliphatic rings. The van der Waals surface area contributed by atoms with Crippen molar-refractivity contribution in [3.05, 3.63) is 52.2 Å². The van der Waals surface area contributed by atoms with Crippen LogP contribution in [0, 0.1) is 0 Å². The lowest BCUT2D eigenvalue weighted by atomic mass is 10.1. The predicted octanol–water partition coefficient (Wildman–Crippen LogP) is 2.61. The molecule has 0 fully saturated rings. The number of amides is 1. The molecule has 0 radical (unpaired) electrons. The second-order valence-corrected chi connectivity index (χ2v) is 4.80. The largest absolute Gasteiger partial charge is 0.491 e. The highest BCUT2D eigenvalue weighted by molar-refractivity contribution is 7.12. The molecule has 3 nitrogen and oxygen atoms in total. The maximum Gasteiger partial charge on any atom is 0.261 e. The number of para-hydroxylation sites is 1. The first-order chi connectivity index (χ1) is 8.34. The normalized spacial score (nSPS) is 17.3. The smallest absolute Gasteiger partial charge is 0.261 e. The zero-order valence-electron chi connectivity index (χ0n) is 9.05. The van der Waals surface area contributed by atoms with Gasteiger partial charge in [0.25, 0.3) is 5.91 Å². The van der Waals surface area contributed by atoms with Crippen LogP contribution in [0.2, 0.25) is 0 Å². The molecule has 1 aliphatic heterocycles. The molecule has 0 spiro atoms. The average Bonchev–Trinajstić information content (AvgIpc) is 2.98. The van der Waals surface area contributed by atoms with Gasteiger partial charge < -0.3 is 10.1 Å². The van der Waals surface area contributed by atoms with Crippen molar-refractivity contribution >= 4 is 17.2 Å². The summed E-state index contributed by atoms with van der Waals surface area (Å²) < 4.78 is 5.52. The van der Waals surface area contributed by atoms with Gasteiger partial charge in [-0.15, -0.1) is 11.3 Å². The average molecular weight is 245 g/mol. The van der Waals surface area contributed by atoms with Crippen molar-refractivity contribution in [2.24, 2.45) is 0 Å². The van der Waals surface area contributed by atoms with Crippen LogP contribution < -0.4 is 10.1 Å². The quantitative estimate of drug-likeness (QED) is 0.883. The summed E-state index contributed by atoms with van der Waals surface area (Å²) in [6.45, 7) is 0.510. The highest BCUT2D eigenvalue weighted by Gasteiger charge is 2.25. The van der Waals surface area contributed by atoms with Crippen molar-refractivity contribution in [1.29, 1.82) is 0 Å². The molecular formula is C13H11NO2S. The number of hydrogen-bond donors (Lipinski definition) is 1. The highest BCUT2D eigenvalue weighted by Crippen LogP contribution is 2.31. The van der Waals surface area contributed by atoms with Crippen LogP contribution in [0.15, 0.2) is 41.8 Å². The van der Waals surface area contributed by atoms with Crippen molar-refractivity contribution in [3.63, 3.8) is 0 Å². The fourth-order valence-electron chi connectivity index (χ4n) is 1.92. The van der Waals surface area contributed by atoms with Crippen LogP contribution in [0.3, 0.4) is 0 Å². The molecule has 2 aromatic rings. The third-order valence-electron chi connectivity index (χ3n) is 2.75. The van der Waals surface area contributed by atoms with Gasteiger partial charge in [0.1, 0.15) is 12.4 Å². The summed E-state index contributed by atoms with van der Waals surface area (Å²) in [6.07, 6.45) is 0. The molecule has 3 rings (SSSR count). The van der Waals surface area contributed by atoms with E-state index in [1.165, 1.54) is 11.3 Å². The molecule has 0 saturated carbocycles. The zero-order valence-corrected chi connectivity index (χ0v) is 9.87. The Balaban J connectivity index is 1.78. The number of carbonyl (C=O) groups excluding carboxylic acids is 1. The lowest BCUT2D eigenvalue weighted by molar-refractivity contribution is 0.0934. The van der Waals surface area contributed by atoms with Gasteiger partial charge in [0.05, 0.1) is 10.9 Å². The number of rotatable bonds is 2. The molecule has 1 amide bonds. The molecule has 1 atom stereocenters. The third kappa shape index (κ3) is 1.91. The zero-order chi connectivity index (χ0) is 11.7. The van der Waals surface area contributed by atoms with Gasteiger partial charge in [-0.05, 0) is 17.5 Å². The number of ether oxygens (including phenoxy) is 1. The SMILES string of the molecule is O=C(NC1COc2ccccc21)c1cccs1. The van der Waals surface area contributed by atoms with Gasteiger partial charge in [-0.1, -0.05) is 24.3 Å². The summed E-state index contributed by atoms with van der Waals surface area (Å²) in [5.41, 5.74) is 1.05. The third-order valence-corrected chi connectivity index (χ3v) is 3.62. The van der Waals surface area contributed by atoms with E-state index in [4.69, 9.17) is 4.74 Å². The van der Waals surface area contributed by atoms with Gasteiger partial charge in [0, 0.05) is 5.56 Å². The summed E-state index contributed by atoms with van der Waals surface area (Å²) in [5, 5.41) is 4.88. The van der Waals surface area contributed by atoms with E-state index in [0.717, 1.165) is 16.2 Å². The summed E-state index contributed by atoms with van der Waals surface area (Å²) in [5.74, 6) is 0.828. The Labute approximate surface area is 103 Å². The number of hydrogen-bond acceptors (Lipinski definition) is 3. The van der Waals surface area contributed by atoms with Crippen LogP contribution in [-0.4, -0.2) is 12.5 Å². The van der Waals surface area contributed by atoms with E-state index in [1.807, 2.05) is 41.8 Å². The van der Waals surface area contributed by atoms with E-state index in [1.54, 1.807) is 0 Å². The van der Waals surface area contributed by atoms with Crippen LogP contribution in [0.5, 0.6) is 5.75 Å². The first kappa shape index (κ1) is 10.4. The number of thiophene rings is 1. The second kappa shape index (κ2) is 4.22. The number of carbonyl (C=O) groups is 1. The molecule has 1 aromatic carbocycles. The molecule has 1 unspecified atom stereocenters. The number of nitrogens with one attached hydrogen (secondary N) is 1. The summed E-state index contributed by atoms with van der Waals surface area (Å²) in [7, 11) is 0.